The standard InChI is InChI=1S/C22H24N4O4.2ClH/c1-26-8-6-15(7-9-26)29-19-11-16(27-2)10-18-20(19)22(24-13-23-18)25-17-5-3-4-14-12-28-30-21(14)17;;/h3-5,10-11,13,15H,6-9,12H2,1-2H3,(H,23,24,25);2*1H. The normalized spacial score (nSPS) is 15.8. The van der Waals surface area contributed by atoms with Gasteiger partial charge in [0.05, 0.1) is 23.7 Å². The third-order valence-electron chi connectivity index (χ3n) is 5.58. The van der Waals surface area contributed by atoms with Gasteiger partial charge in [0.25, 0.3) is 0 Å². The molecule has 2 aliphatic rings. The highest BCUT2D eigenvalue weighted by Crippen LogP contribution is 2.40. The minimum atomic E-state index is 0. The fourth-order valence-corrected chi connectivity index (χ4v) is 3.89. The summed E-state index contributed by atoms with van der Waals surface area (Å²) in [7, 11) is 3.78. The van der Waals surface area contributed by atoms with Gasteiger partial charge in [0.1, 0.15) is 36.4 Å². The van der Waals surface area contributed by atoms with Gasteiger partial charge in [-0.25, -0.2) is 9.97 Å². The first-order chi connectivity index (χ1) is 14.7. The molecule has 0 aliphatic carbocycles. The number of piperidine rings is 1. The summed E-state index contributed by atoms with van der Waals surface area (Å²) in [5.41, 5.74) is 2.52. The second kappa shape index (κ2) is 10.4. The van der Waals surface area contributed by atoms with Gasteiger partial charge in [-0.1, -0.05) is 12.1 Å². The first-order valence-electron chi connectivity index (χ1n) is 10.1. The van der Waals surface area contributed by atoms with Crippen LogP contribution in [0.1, 0.15) is 18.4 Å². The molecule has 0 amide bonds. The number of methoxy groups -OCH3 is 1. The van der Waals surface area contributed by atoms with Gasteiger partial charge in [-0.2, -0.15) is 4.89 Å². The van der Waals surface area contributed by atoms with E-state index >= 15 is 0 Å². The number of benzene rings is 2. The highest BCUT2D eigenvalue weighted by Gasteiger charge is 2.23. The average Bonchev–Trinajstić information content (AvgIpc) is 3.25. The summed E-state index contributed by atoms with van der Waals surface area (Å²) in [4.78, 5) is 21.7. The largest absolute Gasteiger partial charge is 0.497 e. The first-order valence-corrected chi connectivity index (χ1v) is 10.1. The third kappa shape index (κ3) is 4.78. The number of anilines is 2. The minimum absolute atomic E-state index is 0. The number of halogens is 2. The summed E-state index contributed by atoms with van der Waals surface area (Å²) in [6.07, 6.45) is 3.62. The van der Waals surface area contributed by atoms with Gasteiger partial charge in [-0.15, -0.1) is 24.8 Å². The molecular weight excluding hydrogens is 455 g/mol. The minimum Gasteiger partial charge on any atom is -0.497 e. The van der Waals surface area contributed by atoms with Crippen molar-refractivity contribution >= 4 is 47.2 Å². The van der Waals surface area contributed by atoms with Gasteiger partial charge >= 0.3 is 0 Å². The van der Waals surface area contributed by atoms with Crippen molar-refractivity contribution < 1.29 is 19.2 Å². The van der Waals surface area contributed by atoms with Crippen LogP contribution in [0.3, 0.4) is 0 Å². The molecule has 2 aromatic carbocycles. The van der Waals surface area contributed by atoms with Gasteiger partial charge in [-0.3, -0.25) is 0 Å². The van der Waals surface area contributed by atoms with E-state index in [1.54, 1.807) is 7.11 Å². The zero-order valence-electron chi connectivity index (χ0n) is 17.9. The molecule has 0 radical (unpaired) electrons. The number of para-hydroxylation sites is 1. The Bertz CT molecular complexity index is 1080. The van der Waals surface area contributed by atoms with Crippen LogP contribution < -0.4 is 19.7 Å². The Balaban J connectivity index is 0.00000144. The number of hydrogen-bond donors (Lipinski definition) is 1. The van der Waals surface area contributed by atoms with E-state index in [0.29, 0.717) is 29.7 Å². The van der Waals surface area contributed by atoms with Crippen LogP contribution in [0.15, 0.2) is 36.7 Å². The number of likely N-dealkylation sites (tertiary alicyclic amines) is 1. The zero-order chi connectivity index (χ0) is 20.5. The maximum Gasteiger partial charge on any atom is 0.194 e. The maximum absolute atomic E-state index is 6.45. The monoisotopic (exact) mass is 480 g/mol. The lowest BCUT2D eigenvalue weighted by molar-refractivity contribution is -0.194. The molecule has 5 rings (SSSR count). The smallest absolute Gasteiger partial charge is 0.194 e. The number of nitrogens with zero attached hydrogens (tertiary/aromatic N) is 3. The fraction of sp³-hybridized carbons (Fsp3) is 0.364. The van der Waals surface area contributed by atoms with Crippen LogP contribution in [-0.4, -0.2) is 48.2 Å². The zero-order valence-corrected chi connectivity index (χ0v) is 19.5. The lowest BCUT2D eigenvalue weighted by Gasteiger charge is -2.29. The van der Waals surface area contributed by atoms with Crippen molar-refractivity contribution in [1.29, 1.82) is 0 Å². The number of nitrogens with one attached hydrogen (secondary N) is 1. The van der Waals surface area contributed by atoms with E-state index in [1.165, 1.54) is 6.33 Å². The van der Waals surface area contributed by atoms with E-state index in [1.807, 2.05) is 30.3 Å². The number of aromatic nitrogens is 2. The molecule has 172 valence electrons. The molecule has 1 N–H and O–H groups in total. The van der Waals surface area contributed by atoms with Crippen molar-refractivity contribution in [3.8, 4) is 17.2 Å². The van der Waals surface area contributed by atoms with Crippen LogP contribution in [0.4, 0.5) is 11.5 Å². The summed E-state index contributed by atoms with van der Waals surface area (Å²) >= 11 is 0. The molecule has 1 fully saturated rings. The highest BCUT2D eigenvalue weighted by molar-refractivity contribution is 5.97. The first kappa shape index (κ1) is 24.1. The van der Waals surface area contributed by atoms with E-state index < -0.39 is 0 Å². The SMILES string of the molecule is COc1cc(OC2CCN(C)CC2)c2c(Nc3cccc4c3OOC4)ncnc2c1.Cl.Cl. The quantitative estimate of drug-likeness (QED) is 0.533. The van der Waals surface area contributed by atoms with Gasteiger partial charge in [0.2, 0.25) is 0 Å². The molecule has 3 heterocycles. The molecule has 10 heteroatoms. The molecule has 0 atom stereocenters. The molecule has 0 unspecified atom stereocenters. The third-order valence-corrected chi connectivity index (χ3v) is 5.58. The summed E-state index contributed by atoms with van der Waals surface area (Å²) < 4.78 is 11.9. The van der Waals surface area contributed by atoms with Crippen LogP contribution in [0.5, 0.6) is 17.2 Å². The Kier molecular flexibility index (Phi) is 7.84. The number of rotatable bonds is 5. The molecule has 32 heavy (non-hydrogen) atoms. The van der Waals surface area contributed by atoms with Crippen LogP contribution in [-0.2, 0) is 11.5 Å². The average molecular weight is 481 g/mol. The van der Waals surface area contributed by atoms with Crippen molar-refractivity contribution in [1.82, 2.24) is 14.9 Å². The molecule has 0 bridgehead atoms. The molecule has 0 spiro atoms. The fourth-order valence-electron chi connectivity index (χ4n) is 3.89. The highest BCUT2D eigenvalue weighted by atomic mass is 35.5. The molecule has 8 nitrogen and oxygen atoms in total. The second-order valence-corrected chi connectivity index (χ2v) is 7.63. The van der Waals surface area contributed by atoms with Crippen molar-refractivity contribution in [2.24, 2.45) is 0 Å². The van der Waals surface area contributed by atoms with Crippen LogP contribution in [0.25, 0.3) is 10.9 Å². The van der Waals surface area contributed by atoms with E-state index in [-0.39, 0.29) is 30.9 Å². The van der Waals surface area contributed by atoms with E-state index in [2.05, 4.69) is 27.2 Å². The van der Waals surface area contributed by atoms with Crippen molar-refractivity contribution in [3.05, 3.63) is 42.2 Å². The molecule has 2 aliphatic heterocycles. The lowest BCUT2D eigenvalue weighted by atomic mass is 10.1. The molecule has 1 saturated heterocycles. The summed E-state index contributed by atoms with van der Waals surface area (Å²) in [6.45, 7) is 2.46. The maximum atomic E-state index is 6.45. The number of fused-ring (bicyclic) bond motifs is 2. The van der Waals surface area contributed by atoms with Crippen molar-refractivity contribution in [2.45, 2.75) is 25.6 Å². The van der Waals surface area contributed by atoms with Crippen LogP contribution >= 0.6 is 24.8 Å². The van der Waals surface area contributed by atoms with Gasteiger partial charge in [0.15, 0.2) is 5.75 Å². The molecule has 3 aromatic rings. The molecule has 1 aromatic heterocycles. The Morgan fingerprint density at radius 3 is 2.72 bits per heavy atom. The predicted octanol–water partition coefficient (Wildman–Crippen LogP) is 4.52. The van der Waals surface area contributed by atoms with Gasteiger partial charge in [-0.05, 0) is 26.0 Å². The summed E-state index contributed by atoms with van der Waals surface area (Å²) in [6, 6.07) is 9.66. The molecule has 0 saturated carbocycles. The Morgan fingerprint density at radius 2 is 1.94 bits per heavy atom. The van der Waals surface area contributed by atoms with Gasteiger partial charge in [0, 0.05) is 30.8 Å². The predicted molar refractivity (Wildman–Crippen MR) is 127 cm³/mol. The Morgan fingerprint density at radius 1 is 1.12 bits per heavy atom. The second-order valence-electron chi connectivity index (χ2n) is 7.63. The Hall–Kier alpha value is -2.52. The van der Waals surface area contributed by atoms with E-state index in [4.69, 9.17) is 19.2 Å². The Labute approximate surface area is 199 Å². The number of hydrogen-bond acceptors (Lipinski definition) is 8. The van der Waals surface area contributed by atoms with Crippen LogP contribution in [0.2, 0.25) is 0 Å². The van der Waals surface area contributed by atoms with Crippen LogP contribution in [0, 0.1) is 0 Å². The van der Waals surface area contributed by atoms with Gasteiger partial charge < -0.3 is 24.6 Å². The van der Waals surface area contributed by atoms with E-state index in [0.717, 1.165) is 48.1 Å². The summed E-state index contributed by atoms with van der Waals surface area (Å²) in [5, 5.41) is 4.20. The number of ether oxygens (including phenoxy) is 2. The molecular formula is C22H26Cl2N4O4. The van der Waals surface area contributed by atoms with Crippen molar-refractivity contribution in [2.75, 3.05) is 32.6 Å². The summed E-state index contributed by atoms with van der Waals surface area (Å²) in [5.74, 6) is 2.74. The topological polar surface area (TPSA) is 78.0 Å². The lowest BCUT2D eigenvalue weighted by Crippen LogP contribution is -2.35. The van der Waals surface area contributed by atoms with E-state index in [9.17, 15) is 0 Å². The van der Waals surface area contributed by atoms with Crippen molar-refractivity contribution in [3.63, 3.8) is 0 Å².